The largest absolute Gasteiger partial charge is 0.413 e. The predicted molar refractivity (Wildman–Crippen MR) is 46.7 cm³/mol. The first-order valence-electron chi connectivity index (χ1n) is 3.95. The number of aromatic nitrogens is 5. The van der Waals surface area contributed by atoms with Gasteiger partial charge in [-0.15, -0.1) is 4.68 Å². The molecule has 2 aromatic heterocycles. The van der Waals surface area contributed by atoms with E-state index in [0.29, 0.717) is 11.5 Å². The fourth-order valence-electron chi connectivity index (χ4n) is 1.26. The van der Waals surface area contributed by atoms with Gasteiger partial charge in [0.15, 0.2) is 5.82 Å². The van der Waals surface area contributed by atoms with Crippen molar-refractivity contribution in [1.82, 2.24) is 20.1 Å². The maximum Gasteiger partial charge on any atom is 0.413 e. The van der Waals surface area contributed by atoms with Crippen LogP contribution in [0.25, 0.3) is 11.2 Å². The maximum atomic E-state index is 11.3. The molecule has 2 aromatic rings. The number of fused-ring (bicyclic) bond motifs is 1. The molecule has 2 rings (SSSR count). The Bertz CT molecular complexity index is 611. The molecule has 2 heterocycles. The zero-order valence-corrected chi connectivity index (χ0v) is 7.66. The van der Waals surface area contributed by atoms with Crippen molar-refractivity contribution in [2.75, 3.05) is 0 Å². The molecule has 0 saturated carbocycles. The van der Waals surface area contributed by atoms with Crippen molar-refractivity contribution in [2.45, 2.75) is 6.92 Å². The molecule has 0 aliphatic heterocycles. The highest BCUT2D eigenvalue weighted by molar-refractivity contribution is 5.63. The summed E-state index contributed by atoms with van der Waals surface area (Å²) in [7, 11) is 1.63. The molecule has 0 bridgehead atoms. The molecule has 0 radical (unpaired) electrons. The average Bonchev–Trinajstić information content (AvgIpc) is 2.07. The summed E-state index contributed by atoms with van der Waals surface area (Å²) in [5.41, 5.74) is -0.584. The minimum absolute atomic E-state index is 0.180. The van der Waals surface area contributed by atoms with E-state index in [1.165, 1.54) is 4.68 Å². The summed E-state index contributed by atoms with van der Waals surface area (Å²) >= 11 is 0. The number of nitrogens with zero attached hydrogens (tertiary/aromatic N) is 3. The van der Waals surface area contributed by atoms with Gasteiger partial charge in [-0.3, -0.25) is 9.78 Å². The van der Waals surface area contributed by atoms with Crippen LogP contribution in [0, 0.1) is 6.92 Å². The Morgan fingerprint density at radius 3 is 2.71 bits per heavy atom. The van der Waals surface area contributed by atoms with Gasteiger partial charge in [-0.05, 0) is 6.92 Å². The lowest BCUT2D eigenvalue weighted by atomic mass is 10.5. The quantitative estimate of drug-likeness (QED) is 0.481. The molecule has 2 N–H and O–H groups in total. The van der Waals surface area contributed by atoms with Gasteiger partial charge < -0.3 is 0 Å². The first-order valence-corrected chi connectivity index (χ1v) is 3.95. The lowest BCUT2D eigenvalue weighted by Gasteiger charge is -1.94. The highest BCUT2D eigenvalue weighted by Gasteiger charge is 2.12. The summed E-state index contributed by atoms with van der Waals surface area (Å²) in [4.78, 5) is 30.8. The molecule has 7 nitrogen and oxygen atoms in total. The topological polar surface area (TPSA) is 95.4 Å². The van der Waals surface area contributed by atoms with Gasteiger partial charge >= 0.3 is 11.3 Å². The van der Waals surface area contributed by atoms with Gasteiger partial charge in [0.2, 0.25) is 5.52 Å². The second-order valence-electron chi connectivity index (χ2n) is 2.89. The minimum Gasteiger partial charge on any atom is -0.267 e. The zero-order chi connectivity index (χ0) is 10.3. The molecular formula is C7H8N5O2+. The summed E-state index contributed by atoms with van der Waals surface area (Å²) in [5.74, 6) is 0.470. The molecule has 0 fully saturated rings. The molecule has 0 aliphatic rings. The number of rotatable bonds is 0. The van der Waals surface area contributed by atoms with Crippen LogP contribution in [0.15, 0.2) is 9.59 Å². The SMILES string of the molecule is Cc1nc2c(=O)[nH]c(=O)[nH]c2[n+](C)n1. The highest BCUT2D eigenvalue weighted by atomic mass is 16.2. The Hall–Kier alpha value is -2.05. The minimum atomic E-state index is -0.564. The number of nitrogens with one attached hydrogen (secondary N) is 2. The van der Waals surface area contributed by atoms with Crippen LogP contribution in [-0.2, 0) is 7.05 Å². The molecule has 0 spiro atoms. The van der Waals surface area contributed by atoms with Crippen molar-refractivity contribution >= 4 is 11.2 Å². The molecule has 14 heavy (non-hydrogen) atoms. The Kier molecular flexibility index (Phi) is 1.66. The Labute approximate surface area is 77.4 Å². The van der Waals surface area contributed by atoms with Crippen molar-refractivity contribution in [3.63, 3.8) is 0 Å². The molecular weight excluding hydrogens is 186 g/mol. The van der Waals surface area contributed by atoms with Gasteiger partial charge in [-0.1, -0.05) is 5.10 Å². The Morgan fingerprint density at radius 2 is 2.00 bits per heavy atom. The van der Waals surface area contributed by atoms with Crippen LogP contribution >= 0.6 is 0 Å². The van der Waals surface area contributed by atoms with Gasteiger partial charge in [0.05, 0.1) is 0 Å². The monoisotopic (exact) mass is 194 g/mol. The van der Waals surface area contributed by atoms with Crippen LogP contribution in [0.2, 0.25) is 0 Å². The predicted octanol–water partition coefficient (Wildman–Crippen LogP) is -1.86. The molecule has 0 amide bonds. The number of H-pyrrole nitrogens is 2. The third-order valence-electron chi connectivity index (χ3n) is 1.79. The molecule has 72 valence electrons. The van der Waals surface area contributed by atoms with E-state index in [4.69, 9.17) is 0 Å². The molecule has 0 aliphatic carbocycles. The van der Waals surface area contributed by atoms with E-state index in [0.717, 1.165) is 0 Å². The zero-order valence-electron chi connectivity index (χ0n) is 7.66. The molecule has 7 heteroatoms. The van der Waals surface area contributed by atoms with Crippen LogP contribution in [0.5, 0.6) is 0 Å². The molecule has 0 unspecified atom stereocenters. The van der Waals surface area contributed by atoms with Gasteiger partial charge in [0.1, 0.15) is 7.05 Å². The van der Waals surface area contributed by atoms with Crippen molar-refractivity contribution < 1.29 is 4.68 Å². The normalized spacial score (nSPS) is 10.7. The van der Waals surface area contributed by atoms with E-state index in [-0.39, 0.29) is 5.52 Å². The first kappa shape index (κ1) is 8.54. The third kappa shape index (κ3) is 1.18. The summed E-state index contributed by atoms with van der Waals surface area (Å²) in [5, 5.41) is 3.97. The smallest absolute Gasteiger partial charge is 0.267 e. The summed E-state index contributed by atoms with van der Waals surface area (Å²) < 4.78 is 1.41. The Balaban J connectivity index is 3.10. The lowest BCUT2D eigenvalue weighted by molar-refractivity contribution is -0.708. The third-order valence-corrected chi connectivity index (χ3v) is 1.79. The van der Waals surface area contributed by atoms with Crippen molar-refractivity contribution in [3.05, 3.63) is 26.7 Å². The summed E-state index contributed by atoms with van der Waals surface area (Å²) in [6, 6.07) is 0. The summed E-state index contributed by atoms with van der Waals surface area (Å²) in [6.45, 7) is 1.67. The lowest BCUT2D eigenvalue weighted by Crippen LogP contribution is -2.40. The van der Waals surface area contributed by atoms with E-state index in [2.05, 4.69) is 20.1 Å². The number of hydrogen-bond acceptors (Lipinski definition) is 4. The maximum absolute atomic E-state index is 11.3. The second kappa shape index (κ2) is 2.72. The van der Waals surface area contributed by atoms with Crippen LogP contribution in [0.4, 0.5) is 0 Å². The van der Waals surface area contributed by atoms with E-state index in [1.807, 2.05) is 0 Å². The average molecular weight is 194 g/mol. The standard InChI is InChI=1S/C7H7N5O2/c1-3-8-4-5(12(2)11-3)9-7(14)10-6(4)13/h1-2H3,(H,10,13,14)/p+1. The van der Waals surface area contributed by atoms with E-state index >= 15 is 0 Å². The van der Waals surface area contributed by atoms with Crippen LogP contribution in [0.1, 0.15) is 5.82 Å². The van der Waals surface area contributed by atoms with Gasteiger partial charge in [0, 0.05) is 0 Å². The van der Waals surface area contributed by atoms with Gasteiger partial charge in [-0.2, -0.15) is 4.98 Å². The van der Waals surface area contributed by atoms with Crippen LogP contribution in [-0.4, -0.2) is 20.1 Å². The van der Waals surface area contributed by atoms with Crippen molar-refractivity contribution in [2.24, 2.45) is 7.05 Å². The van der Waals surface area contributed by atoms with Crippen molar-refractivity contribution in [1.29, 1.82) is 0 Å². The Morgan fingerprint density at radius 1 is 1.29 bits per heavy atom. The van der Waals surface area contributed by atoms with E-state index in [1.54, 1.807) is 14.0 Å². The van der Waals surface area contributed by atoms with E-state index < -0.39 is 11.2 Å². The van der Waals surface area contributed by atoms with Crippen LogP contribution < -0.4 is 15.9 Å². The highest BCUT2D eigenvalue weighted by Crippen LogP contribution is 1.91. The fraction of sp³-hybridized carbons (Fsp3) is 0.286. The van der Waals surface area contributed by atoms with Crippen LogP contribution in [0.3, 0.4) is 0 Å². The summed E-state index contributed by atoms with van der Waals surface area (Å²) in [6.07, 6.45) is 0. The van der Waals surface area contributed by atoms with Gasteiger partial charge in [0.25, 0.3) is 5.56 Å². The number of aryl methyl sites for hydroxylation is 2. The van der Waals surface area contributed by atoms with E-state index in [9.17, 15) is 9.59 Å². The molecule has 0 atom stereocenters. The molecule has 0 saturated heterocycles. The van der Waals surface area contributed by atoms with Gasteiger partial charge in [-0.25, -0.2) is 9.78 Å². The fourth-order valence-corrected chi connectivity index (χ4v) is 1.26. The van der Waals surface area contributed by atoms with Crippen molar-refractivity contribution in [3.8, 4) is 0 Å². The number of aromatic amines is 2. The molecule has 0 aromatic carbocycles. The number of hydrogen-bond donors (Lipinski definition) is 2. The second-order valence-corrected chi connectivity index (χ2v) is 2.89. The first-order chi connectivity index (χ1) is 6.58.